The summed E-state index contributed by atoms with van der Waals surface area (Å²) in [7, 11) is 0. The van der Waals surface area contributed by atoms with Crippen molar-refractivity contribution >= 4 is 16.9 Å². The van der Waals surface area contributed by atoms with Gasteiger partial charge in [0.15, 0.2) is 11.5 Å². The van der Waals surface area contributed by atoms with Gasteiger partial charge in [-0.2, -0.15) is 0 Å². The Bertz CT molecular complexity index is 1250. The average molecular weight is 470 g/mol. The van der Waals surface area contributed by atoms with Crippen molar-refractivity contribution in [1.29, 1.82) is 0 Å². The lowest BCUT2D eigenvalue weighted by atomic mass is 10.1. The van der Waals surface area contributed by atoms with Crippen molar-refractivity contribution in [3.05, 3.63) is 62.7 Å². The Morgan fingerprint density at radius 2 is 1.35 bits per heavy atom. The predicted molar refractivity (Wildman–Crippen MR) is 130 cm³/mol. The van der Waals surface area contributed by atoms with Crippen LogP contribution in [0.2, 0.25) is 0 Å². The number of benzene rings is 2. The van der Waals surface area contributed by atoms with Crippen LogP contribution in [0.15, 0.2) is 46.0 Å². The highest BCUT2D eigenvalue weighted by Gasteiger charge is 2.17. The van der Waals surface area contributed by atoms with Crippen LogP contribution in [0, 0.1) is 0 Å². The van der Waals surface area contributed by atoms with E-state index >= 15 is 0 Å². The molecule has 0 bridgehead atoms. The second kappa shape index (κ2) is 11.4. The lowest BCUT2D eigenvalue weighted by Crippen LogP contribution is -2.43. The maximum atomic E-state index is 12.8. The number of fused-ring (bicyclic) bond motifs is 1. The quantitative estimate of drug-likeness (QED) is 0.434. The number of amides is 1. The number of carbonyl (C=O) groups is 1. The van der Waals surface area contributed by atoms with Crippen molar-refractivity contribution in [2.75, 3.05) is 19.8 Å². The van der Waals surface area contributed by atoms with Gasteiger partial charge in [0, 0.05) is 13.1 Å². The van der Waals surface area contributed by atoms with E-state index in [9.17, 15) is 14.4 Å². The van der Waals surface area contributed by atoms with Crippen molar-refractivity contribution < 1.29 is 19.0 Å². The Morgan fingerprint density at radius 1 is 0.824 bits per heavy atom. The molecule has 0 radical (unpaired) electrons. The van der Waals surface area contributed by atoms with Crippen LogP contribution in [0.25, 0.3) is 11.0 Å². The number of carbonyl (C=O) groups excluding carboxylic acids is 1. The Hall–Kier alpha value is -3.75. The van der Waals surface area contributed by atoms with E-state index in [1.165, 1.54) is 9.13 Å². The first-order valence-electron chi connectivity index (χ1n) is 11.5. The summed E-state index contributed by atoms with van der Waals surface area (Å²) < 4.78 is 19.8. The van der Waals surface area contributed by atoms with E-state index in [0.717, 1.165) is 5.56 Å². The average Bonchev–Trinajstić information content (AvgIpc) is 2.83. The van der Waals surface area contributed by atoms with Crippen LogP contribution in [0.5, 0.6) is 17.2 Å². The third-order valence-electron chi connectivity index (χ3n) is 5.21. The molecule has 0 saturated carbocycles. The number of para-hydroxylation sites is 2. The van der Waals surface area contributed by atoms with E-state index in [4.69, 9.17) is 14.2 Å². The summed E-state index contributed by atoms with van der Waals surface area (Å²) in [6.07, 6.45) is 0. The van der Waals surface area contributed by atoms with Crippen LogP contribution in [0.1, 0.15) is 33.3 Å². The maximum Gasteiger partial charge on any atom is 0.317 e. The molecular weight excluding hydrogens is 438 g/mol. The first-order valence-corrected chi connectivity index (χ1v) is 11.5. The first-order chi connectivity index (χ1) is 16.4. The Labute approximate surface area is 197 Å². The first kappa shape index (κ1) is 24.9. The molecule has 1 N–H and O–H groups in total. The van der Waals surface area contributed by atoms with Gasteiger partial charge in [-0.3, -0.25) is 19.0 Å². The lowest BCUT2D eigenvalue weighted by Gasteiger charge is -2.17. The minimum Gasteiger partial charge on any atom is -0.490 e. The summed E-state index contributed by atoms with van der Waals surface area (Å²) in [5.74, 6) is 1.19. The topological polar surface area (TPSA) is 101 Å². The van der Waals surface area contributed by atoms with Gasteiger partial charge in [0.05, 0.1) is 30.9 Å². The molecule has 3 rings (SSSR count). The number of hydrogen-bond acceptors (Lipinski definition) is 6. The summed E-state index contributed by atoms with van der Waals surface area (Å²) in [6.45, 7) is 9.05. The second-order valence-electron chi connectivity index (χ2n) is 7.43. The van der Waals surface area contributed by atoms with Gasteiger partial charge in [-0.1, -0.05) is 12.1 Å². The third-order valence-corrected chi connectivity index (χ3v) is 5.21. The molecule has 9 heteroatoms. The fourth-order valence-electron chi connectivity index (χ4n) is 3.79. The normalized spacial score (nSPS) is 10.8. The predicted octanol–water partition coefficient (Wildman–Crippen LogP) is 2.70. The molecule has 1 amide bonds. The molecule has 1 aromatic heterocycles. The third kappa shape index (κ3) is 5.24. The Kier molecular flexibility index (Phi) is 8.34. The fourth-order valence-corrected chi connectivity index (χ4v) is 3.79. The lowest BCUT2D eigenvalue weighted by molar-refractivity contribution is -0.121. The molecule has 9 nitrogen and oxygen atoms in total. The Balaban J connectivity index is 1.86. The highest BCUT2D eigenvalue weighted by molar-refractivity contribution is 5.80. The van der Waals surface area contributed by atoms with E-state index < -0.39 is 17.0 Å². The summed E-state index contributed by atoms with van der Waals surface area (Å²) in [4.78, 5) is 38.0. The number of ether oxygens (including phenoxy) is 3. The molecule has 0 aliphatic heterocycles. The van der Waals surface area contributed by atoms with Crippen LogP contribution < -0.4 is 30.6 Å². The molecule has 0 aliphatic rings. The molecule has 182 valence electrons. The number of aromatic nitrogens is 2. The number of nitrogens with zero attached hydrogens (tertiary/aromatic N) is 2. The minimum atomic E-state index is -0.728. The van der Waals surface area contributed by atoms with Gasteiger partial charge in [0.25, 0.3) is 0 Å². The van der Waals surface area contributed by atoms with E-state index in [2.05, 4.69) is 5.32 Å². The number of rotatable bonds is 11. The van der Waals surface area contributed by atoms with Crippen molar-refractivity contribution in [3.63, 3.8) is 0 Å². The van der Waals surface area contributed by atoms with E-state index in [-0.39, 0.29) is 13.1 Å². The van der Waals surface area contributed by atoms with Crippen molar-refractivity contribution in [2.45, 2.75) is 47.3 Å². The molecule has 34 heavy (non-hydrogen) atoms. The standard InChI is InChI=1S/C25H31N3O6/c1-5-27-18-11-9-10-12-19(18)28(25(31)24(27)30)16-22(29)26-15-17-13-20(32-6-2)23(34-8-4)21(14-17)33-7-3/h9-14H,5-8,15-16H2,1-4H3,(H,26,29). The zero-order valence-corrected chi connectivity index (χ0v) is 20.1. The molecule has 0 saturated heterocycles. The van der Waals surface area contributed by atoms with Crippen molar-refractivity contribution in [3.8, 4) is 17.2 Å². The van der Waals surface area contributed by atoms with Gasteiger partial charge in [-0.25, -0.2) is 0 Å². The SMILES string of the molecule is CCOc1cc(CNC(=O)Cn2c(=O)c(=O)n(CC)c3ccccc32)cc(OCC)c1OCC. The molecule has 0 fully saturated rings. The molecular formula is C25H31N3O6. The van der Waals surface area contributed by atoms with Gasteiger partial charge in [-0.15, -0.1) is 0 Å². The van der Waals surface area contributed by atoms with Crippen LogP contribution in [-0.2, 0) is 24.4 Å². The van der Waals surface area contributed by atoms with Gasteiger partial charge in [-0.05, 0) is 57.5 Å². The number of nitrogens with one attached hydrogen (secondary N) is 1. The number of aryl methyl sites for hydroxylation is 1. The molecule has 2 aromatic carbocycles. The van der Waals surface area contributed by atoms with Crippen molar-refractivity contribution in [1.82, 2.24) is 14.5 Å². The monoisotopic (exact) mass is 469 g/mol. The van der Waals surface area contributed by atoms with E-state index in [1.807, 2.05) is 20.8 Å². The smallest absolute Gasteiger partial charge is 0.317 e. The highest BCUT2D eigenvalue weighted by Crippen LogP contribution is 2.39. The van der Waals surface area contributed by atoms with Gasteiger partial charge < -0.3 is 24.1 Å². The zero-order chi connectivity index (χ0) is 24.7. The summed E-state index contributed by atoms with van der Waals surface area (Å²) >= 11 is 0. The van der Waals surface area contributed by atoms with E-state index in [0.29, 0.717) is 54.6 Å². The summed E-state index contributed by atoms with van der Waals surface area (Å²) in [5.41, 5.74) is 0.513. The van der Waals surface area contributed by atoms with E-state index in [1.54, 1.807) is 43.3 Å². The fraction of sp³-hybridized carbons (Fsp3) is 0.400. The maximum absolute atomic E-state index is 12.8. The molecule has 0 atom stereocenters. The highest BCUT2D eigenvalue weighted by atomic mass is 16.5. The Morgan fingerprint density at radius 3 is 1.88 bits per heavy atom. The van der Waals surface area contributed by atoms with Gasteiger partial charge in [0.1, 0.15) is 6.54 Å². The van der Waals surface area contributed by atoms with Gasteiger partial charge in [0.2, 0.25) is 11.7 Å². The van der Waals surface area contributed by atoms with Gasteiger partial charge >= 0.3 is 11.1 Å². The number of hydrogen-bond donors (Lipinski definition) is 1. The molecule has 1 heterocycles. The van der Waals surface area contributed by atoms with Crippen LogP contribution in [0.4, 0.5) is 0 Å². The molecule has 0 aliphatic carbocycles. The summed E-state index contributed by atoms with van der Waals surface area (Å²) in [6, 6.07) is 10.6. The minimum absolute atomic E-state index is 0.185. The van der Waals surface area contributed by atoms with Crippen LogP contribution >= 0.6 is 0 Å². The molecule has 0 unspecified atom stereocenters. The second-order valence-corrected chi connectivity index (χ2v) is 7.43. The largest absolute Gasteiger partial charge is 0.490 e. The van der Waals surface area contributed by atoms with Crippen molar-refractivity contribution in [2.24, 2.45) is 0 Å². The van der Waals surface area contributed by atoms with Crippen LogP contribution in [0.3, 0.4) is 0 Å². The van der Waals surface area contributed by atoms with Crippen LogP contribution in [-0.4, -0.2) is 34.9 Å². The zero-order valence-electron chi connectivity index (χ0n) is 20.1. The molecule has 0 spiro atoms. The molecule has 3 aromatic rings. The summed E-state index contributed by atoms with van der Waals surface area (Å²) in [5, 5.41) is 2.82.